The van der Waals surface area contributed by atoms with E-state index in [0.29, 0.717) is 24.2 Å². The molecule has 0 saturated heterocycles. The van der Waals surface area contributed by atoms with E-state index < -0.39 is 6.10 Å². The van der Waals surface area contributed by atoms with Gasteiger partial charge in [-0.2, -0.15) is 16.9 Å². The molecule has 1 atom stereocenters. The molecule has 17 heavy (non-hydrogen) atoms. The highest BCUT2D eigenvalue weighted by molar-refractivity contribution is 9.10. The summed E-state index contributed by atoms with van der Waals surface area (Å²) in [6.07, 6.45) is 1.21. The average molecular weight is 323 g/mol. The van der Waals surface area contributed by atoms with Crippen molar-refractivity contribution in [2.24, 2.45) is 0 Å². The minimum atomic E-state index is -0.504. The Kier molecular flexibility index (Phi) is 6.54. The molecule has 0 spiro atoms. The number of hydrogen-bond acceptors (Lipinski definition) is 4. The Bertz CT molecular complexity index is 344. The van der Waals surface area contributed by atoms with Gasteiger partial charge in [-0.3, -0.25) is 4.68 Å². The van der Waals surface area contributed by atoms with E-state index in [1.54, 1.807) is 29.8 Å². The largest absolute Gasteiger partial charge is 0.386 e. The van der Waals surface area contributed by atoms with Crippen molar-refractivity contribution >= 4 is 27.7 Å². The van der Waals surface area contributed by atoms with Crippen LogP contribution in [0.2, 0.25) is 0 Å². The number of nitrogens with zero attached hydrogens (tertiary/aromatic N) is 2. The molecule has 0 radical (unpaired) electrons. The van der Waals surface area contributed by atoms with E-state index in [1.807, 2.05) is 0 Å². The van der Waals surface area contributed by atoms with Gasteiger partial charge in [0.15, 0.2) is 0 Å². The van der Waals surface area contributed by atoms with Gasteiger partial charge >= 0.3 is 0 Å². The fourth-order valence-corrected chi connectivity index (χ4v) is 2.71. The predicted octanol–water partition coefficient (Wildman–Crippen LogP) is 2.47. The molecular weight excluding hydrogens is 304 g/mol. The number of halogens is 1. The number of aliphatic hydroxyl groups is 1. The van der Waals surface area contributed by atoms with Gasteiger partial charge in [0.05, 0.1) is 29.5 Å². The van der Waals surface area contributed by atoms with E-state index >= 15 is 0 Å². The van der Waals surface area contributed by atoms with E-state index in [4.69, 9.17) is 4.74 Å². The first-order valence-corrected chi connectivity index (χ1v) is 7.40. The van der Waals surface area contributed by atoms with Gasteiger partial charge in [0.1, 0.15) is 6.10 Å². The van der Waals surface area contributed by atoms with Crippen molar-refractivity contribution in [2.75, 3.05) is 19.5 Å². The topological polar surface area (TPSA) is 47.3 Å². The Morgan fingerprint density at radius 2 is 2.29 bits per heavy atom. The first-order chi connectivity index (χ1) is 8.06. The summed E-state index contributed by atoms with van der Waals surface area (Å²) >= 11 is 5.16. The number of aromatic nitrogens is 2. The number of aliphatic hydroxyl groups excluding tert-OH is 1. The van der Waals surface area contributed by atoms with Gasteiger partial charge in [0, 0.05) is 12.9 Å². The van der Waals surface area contributed by atoms with Gasteiger partial charge in [-0.05, 0) is 21.2 Å². The maximum Gasteiger partial charge on any atom is 0.106 e. The third-order valence-electron chi connectivity index (χ3n) is 2.24. The lowest BCUT2D eigenvalue weighted by atomic mass is 10.3. The van der Waals surface area contributed by atoms with Gasteiger partial charge in [-0.1, -0.05) is 13.8 Å². The molecule has 1 heterocycles. The second-order valence-electron chi connectivity index (χ2n) is 3.99. The fraction of sp³-hybridized carbons (Fsp3) is 0.727. The molecular formula is C11H19BrN2O2S. The lowest BCUT2D eigenvalue weighted by Gasteiger charge is -2.15. The van der Waals surface area contributed by atoms with Gasteiger partial charge < -0.3 is 9.84 Å². The van der Waals surface area contributed by atoms with E-state index in [0.717, 1.165) is 10.2 Å². The zero-order valence-electron chi connectivity index (χ0n) is 10.4. The van der Waals surface area contributed by atoms with Crippen LogP contribution in [0.25, 0.3) is 0 Å². The van der Waals surface area contributed by atoms with Crippen LogP contribution in [0.5, 0.6) is 0 Å². The molecule has 0 aliphatic heterocycles. The summed E-state index contributed by atoms with van der Waals surface area (Å²) in [6, 6.07) is 0. The van der Waals surface area contributed by atoms with Crippen molar-refractivity contribution in [3.05, 3.63) is 16.4 Å². The Hall–Kier alpha value is -0.0400. The van der Waals surface area contributed by atoms with Crippen LogP contribution in [0.15, 0.2) is 10.7 Å². The molecule has 4 nitrogen and oxygen atoms in total. The molecule has 1 N–H and O–H groups in total. The molecule has 6 heteroatoms. The number of methoxy groups -OCH3 is 1. The Morgan fingerprint density at radius 1 is 1.59 bits per heavy atom. The molecule has 0 bridgehead atoms. The van der Waals surface area contributed by atoms with Crippen LogP contribution in [-0.4, -0.2) is 39.6 Å². The number of thioether (sulfide) groups is 1. The average Bonchev–Trinajstić information content (AvgIpc) is 2.64. The van der Waals surface area contributed by atoms with E-state index in [1.165, 1.54) is 0 Å². The number of ether oxygens (including phenoxy) is 1. The second kappa shape index (κ2) is 7.41. The molecule has 0 saturated carbocycles. The van der Waals surface area contributed by atoms with Crippen molar-refractivity contribution in [3.63, 3.8) is 0 Å². The lowest BCUT2D eigenvalue weighted by molar-refractivity contribution is 0.166. The first kappa shape index (κ1) is 15.0. The van der Waals surface area contributed by atoms with Crippen LogP contribution in [0, 0.1) is 0 Å². The summed E-state index contributed by atoms with van der Waals surface area (Å²) in [4.78, 5) is 0. The standard InChI is InChI=1S/C11H19BrN2O2S/c1-8(2)17-7-10(15)11-9(12)6-13-14(11)4-5-16-3/h6,8,10,15H,4-5,7H2,1-3H3. The monoisotopic (exact) mass is 322 g/mol. The van der Waals surface area contributed by atoms with Gasteiger partial charge in [0.2, 0.25) is 0 Å². The summed E-state index contributed by atoms with van der Waals surface area (Å²) in [5.74, 6) is 0.676. The Balaban J connectivity index is 2.69. The van der Waals surface area contributed by atoms with E-state index in [9.17, 15) is 5.11 Å². The molecule has 1 unspecified atom stereocenters. The molecule has 0 amide bonds. The van der Waals surface area contributed by atoms with Gasteiger partial charge in [-0.25, -0.2) is 0 Å². The summed E-state index contributed by atoms with van der Waals surface area (Å²) < 4.78 is 7.67. The van der Waals surface area contributed by atoms with Crippen LogP contribution < -0.4 is 0 Å². The number of hydrogen-bond donors (Lipinski definition) is 1. The highest BCUT2D eigenvalue weighted by Crippen LogP contribution is 2.27. The summed E-state index contributed by atoms with van der Waals surface area (Å²) in [5, 5.41) is 14.9. The molecule has 1 aromatic heterocycles. The quantitative estimate of drug-likeness (QED) is 0.837. The van der Waals surface area contributed by atoms with Crippen molar-refractivity contribution in [1.82, 2.24) is 9.78 Å². The summed E-state index contributed by atoms with van der Waals surface area (Å²) in [5.41, 5.74) is 0.829. The SMILES string of the molecule is COCCn1ncc(Br)c1C(O)CSC(C)C. The van der Waals surface area contributed by atoms with Crippen molar-refractivity contribution in [3.8, 4) is 0 Å². The first-order valence-electron chi connectivity index (χ1n) is 5.56. The predicted molar refractivity (Wildman–Crippen MR) is 74.4 cm³/mol. The van der Waals surface area contributed by atoms with Crippen LogP contribution in [0.1, 0.15) is 25.6 Å². The fourth-order valence-electron chi connectivity index (χ4n) is 1.42. The third kappa shape index (κ3) is 4.62. The minimum absolute atomic E-state index is 0.504. The molecule has 1 aromatic rings. The molecule has 0 aliphatic rings. The minimum Gasteiger partial charge on any atom is -0.386 e. The highest BCUT2D eigenvalue weighted by atomic mass is 79.9. The highest BCUT2D eigenvalue weighted by Gasteiger charge is 2.18. The van der Waals surface area contributed by atoms with Gasteiger partial charge in [-0.15, -0.1) is 0 Å². The van der Waals surface area contributed by atoms with Crippen LogP contribution in [-0.2, 0) is 11.3 Å². The van der Waals surface area contributed by atoms with Gasteiger partial charge in [0.25, 0.3) is 0 Å². The maximum atomic E-state index is 10.2. The molecule has 0 aliphatic carbocycles. The summed E-state index contributed by atoms with van der Waals surface area (Å²) in [7, 11) is 1.66. The smallest absolute Gasteiger partial charge is 0.106 e. The van der Waals surface area contributed by atoms with Crippen LogP contribution in [0.3, 0.4) is 0 Å². The maximum absolute atomic E-state index is 10.2. The number of rotatable bonds is 7. The molecule has 98 valence electrons. The normalized spacial score (nSPS) is 13.3. The zero-order valence-corrected chi connectivity index (χ0v) is 12.8. The van der Waals surface area contributed by atoms with Crippen LogP contribution in [0.4, 0.5) is 0 Å². The third-order valence-corrected chi connectivity index (χ3v) is 4.03. The van der Waals surface area contributed by atoms with E-state index in [-0.39, 0.29) is 0 Å². The van der Waals surface area contributed by atoms with Crippen molar-refractivity contribution in [2.45, 2.75) is 31.7 Å². The molecule has 0 aromatic carbocycles. The second-order valence-corrected chi connectivity index (χ2v) is 6.46. The van der Waals surface area contributed by atoms with Crippen molar-refractivity contribution in [1.29, 1.82) is 0 Å². The van der Waals surface area contributed by atoms with Crippen LogP contribution >= 0.6 is 27.7 Å². The summed E-state index contributed by atoms with van der Waals surface area (Å²) in [6.45, 7) is 5.48. The lowest BCUT2D eigenvalue weighted by Crippen LogP contribution is -2.14. The molecule has 1 rings (SSSR count). The Labute approximate surface area is 115 Å². The zero-order chi connectivity index (χ0) is 12.8. The van der Waals surface area contributed by atoms with Crippen molar-refractivity contribution < 1.29 is 9.84 Å². The molecule has 0 fully saturated rings. The Morgan fingerprint density at radius 3 is 2.88 bits per heavy atom. The van der Waals surface area contributed by atoms with E-state index in [2.05, 4.69) is 34.9 Å².